The zero-order valence-corrected chi connectivity index (χ0v) is 25.5. The minimum Gasteiger partial charge on any atom is -0.478 e. The Morgan fingerprint density at radius 2 is 1.03 bits per heavy atom. The van der Waals surface area contributed by atoms with Crippen molar-refractivity contribution in [3.63, 3.8) is 0 Å². The summed E-state index contributed by atoms with van der Waals surface area (Å²) < 4.78 is 5.35. The Labute approximate surface area is 235 Å². The van der Waals surface area contributed by atoms with Gasteiger partial charge in [0.1, 0.15) is 0 Å². The molecular formula is C34H60O4. The molecule has 0 saturated heterocycles. The van der Waals surface area contributed by atoms with Crippen LogP contribution in [0.4, 0.5) is 0 Å². The van der Waals surface area contributed by atoms with Crippen LogP contribution >= 0.6 is 0 Å². The van der Waals surface area contributed by atoms with Crippen molar-refractivity contribution in [1.82, 2.24) is 0 Å². The molecule has 0 amide bonds. The summed E-state index contributed by atoms with van der Waals surface area (Å²) in [6.07, 6.45) is 25.7. The van der Waals surface area contributed by atoms with Crippen LogP contribution in [0.1, 0.15) is 182 Å². The predicted octanol–water partition coefficient (Wildman–Crippen LogP) is 11.0. The van der Waals surface area contributed by atoms with Gasteiger partial charge >= 0.3 is 11.9 Å². The van der Waals surface area contributed by atoms with Crippen molar-refractivity contribution in [3.8, 4) is 0 Å². The smallest absolute Gasteiger partial charge is 0.339 e. The monoisotopic (exact) mass is 532 g/mol. The third-order valence-corrected chi connectivity index (χ3v) is 7.07. The first-order valence-corrected chi connectivity index (χ1v) is 16.1. The van der Waals surface area contributed by atoms with E-state index in [1.165, 1.54) is 96.3 Å². The molecule has 4 heteroatoms. The van der Waals surface area contributed by atoms with Crippen molar-refractivity contribution in [2.75, 3.05) is 6.61 Å². The third-order valence-electron chi connectivity index (χ3n) is 7.07. The maximum Gasteiger partial charge on any atom is 0.339 e. The number of hydrogen-bond donors (Lipinski definition) is 1. The van der Waals surface area contributed by atoms with Gasteiger partial charge in [0.05, 0.1) is 17.7 Å². The molecule has 220 valence electrons. The zero-order valence-electron chi connectivity index (χ0n) is 25.5. The Balaban J connectivity index is 0.00000115. The van der Waals surface area contributed by atoms with Crippen LogP contribution in [0.25, 0.3) is 0 Å². The lowest BCUT2D eigenvalue weighted by Gasteiger charge is -2.12. The lowest BCUT2D eigenvalue weighted by molar-refractivity contribution is 0.0487. The molecular weight excluding hydrogens is 472 g/mol. The second-order valence-corrected chi connectivity index (χ2v) is 10.7. The lowest BCUT2D eigenvalue weighted by atomic mass is 9.96. The van der Waals surface area contributed by atoms with Crippen LogP contribution in [0.2, 0.25) is 0 Å². The van der Waals surface area contributed by atoms with Gasteiger partial charge in [-0.05, 0) is 30.9 Å². The zero-order chi connectivity index (χ0) is 28.3. The summed E-state index contributed by atoms with van der Waals surface area (Å²) in [4.78, 5) is 24.2. The van der Waals surface area contributed by atoms with Crippen LogP contribution in [0.3, 0.4) is 0 Å². The van der Waals surface area contributed by atoms with Crippen LogP contribution in [-0.4, -0.2) is 23.7 Å². The molecule has 0 radical (unpaired) electrons. The van der Waals surface area contributed by atoms with Gasteiger partial charge in [0.25, 0.3) is 0 Å². The highest BCUT2D eigenvalue weighted by molar-refractivity contribution is 6.03. The molecule has 0 unspecified atom stereocenters. The molecule has 1 aromatic carbocycles. The Morgan fingerprint density at radius 3 is 1.47 bits per heavy atom. The highest BCUT2D eigenvalue weighted by atomic mass is 16.5. The normalized spacial score (nSPS) is 10.6. The van der Waals surface area contributed by atoms with E-state index in [9.17, 15) is 14.7 Å². The average molecular weight is 533 g/mol. The number of unbranched alkanes of at least 4 members (excludes halogenated alkanes) is 17. The van der Waals surface area contributed by atoms with Crippen LogP contribution in [0.15, 0.2) is 18.2 Å². The summed E-state index contributed by atoms with van der Waals surface area (Å²) in [7, 11) is 0. The van der Waals surface area contributed by atoms with Gasteiger partial charge < -0.3 is 9.84 Å². The number of hydrogen-bond acceptors (Lipinski definition) is 3. The highest BCUT2D eigenvalue weighted by Crippen LogP contribution is 2.20. The Morgan fingerprint density at radius 1 is 0.605 bits per heavy atom. The van der Waals surface area contributed by atoms with Crippen molar-refractivity contribution in [1.29, 1.82) is 0 Å². The molecule has 1 aromatic rings. The standard InChI is InChI=1S/C24H38O4.C10H22/c1-3-5-7-9-11-13-16-20-17-15-18-21(22(20)23(25)26)24(27)28-19-14-12-10-8-6-4-2;1-3-5-7-9-10-8-6-4-2/h15,17-18H,3-14,16,19H2,1-2H3,(H,25,26);3-10H2,1-2H3. The minimum absolute atomic E-state index is 0.115. The van der Waals surface area contributed by atoms with E-state index in [1.807, 2.05) is 6.07 Å². The number of rotatable bonds is 23. The maximum absolute atomic E-state index is 12.4. The van der Waals surface area contributed by atoms with E-state index in [0.29, 0.717) is 13.0 Å². The van der Waals surface area contributed by atoms with Crippen molar-refractivity contribution in [3.05, 3.63) is 34.9 Å². The van der Waals surface area contributed by atoms with E-state index in [4.69, 9.17) is 4.74 Å². The second-order valence-electron chi connectivity index (χ2n) is 10.7. The molecule has 0 heterocycles. The van der Waals surface area contributed by atoms with Gasteiger partial charge in [0.2, 0.25) is 0 Å². The lowest BCUT2D eigenvalue weighted by Crippen LogP contribution is -2.15. The molecule has 1 rings (SSSR count). The first-order chi connectivity index (χ1) is 18.5. The maximum atomic E-state index is 12.4. The predicted molar refractivity (Wildman–Crippen MR) is 162 cm³/mol. The third kappa shape index (κ3) is 19.3. The number of carbonyl (C=O) groups is 2. The van der Waals surface area contributed by atoms with Crippen molar-refractivity contribution in [2.24, 2.45) is 0 Å². The Hall–Kier alpha value is -1.84. The van der Waals surface area contributed by atoms with Crippen molar-refractivity contribution < 1.29 is 19.4 Å². The van der Waals surface area contributed by atoms with E-state index in [2.05, 4.69) is 27.7 Å². The molecule has 0 fully saturated rings. The first-order valence-electron chi connectivity index (χ1n) is 16.1. The highest BCUT2D eigenvalue weighted by Gasteiger charge is 2.21. The molecule has 0 bridgehead atoms. The second kappa shape index (κ2) is 26.8. The number of aryl methyl sites for hydroxylation is 1. The SMILES string of the molecule is CCCCCCCCCC.CCCCCCCCOC(=O)c1cccc(CCCCCCCC)c1C(=O)O. The van der Waals surface area contributed by atoms with Gasteiger partial charge in [-0.15, -0.1) is 0 Å². The van der Waals surface area contributed by atoms with Crippen LogP contribution < -0.4 is 0 Å². The molecule has 0 aromatic heterocycles. The van der Waals surface area contributed by atoms with E-state index in [1.54, 1.807) is 12.1 Å². The molecule has 0 atom stereocenters. The largest absolute Gasteiger partial charge is 0.478 e. The molecule has 38 heavy (non-hydrogen) atoms. The fourth-order valence-electron chi connectivity index (χ4n) is 4.66. The number of aromatic carboxylic acids is 1. The number of ether oxygens (including phenoxy) is 1. The molecule has 0 aliphatic rings. The summed E-state index contributed by atoms with van der Waals surface area (Å²) >= 11 is 0. The minimum atomic E-state index is -1.05. The van der Waals surface area contributed by atoms with E-state index >= 15 is 0 Å². The number of carboxylic acid groups (broad SMARTS) is 1. The van der Waals surface area contributed by atoms with Crippen LogP contribution in [-0.2, 0) is 11.2 Å². The fraction of sp³-hybridized carbons (Fsp3) is 0.765. The van der Waals surface area contributed by atoms with E-state index < -0.39 is 11.9 Å². The van der Waals surface area contributed by atoms with E-state index in [-0.39, 0.29) is 11.1 Å². The van der Waals surface area contributed by atoms with Gasteiger partial charge in [-0.1, -0.05) is 155 Å². The average Bonchev–Trinajstić information content (AvgIpc) is 2.92. The van der Waals surface area contributed by atoms with Gasteiger partial charge in [0.15, 0.2) is 0 Å². The Kier molecular flexibility index (Phi) is 25.5. The molecule has 0 spiro atoms. The number of carboxylic acids is 1. The van der Waals surface area contributed by atoms with Crippen molar-refractivity contribution >= 4 is 11.9 Å². The number of esters is 1. The summed E-state index contributed by atoms with van der Waals surface area (Å²) in [5, 5.41) is 9.65. The topological polar surface area (TPSA) is 63.6 Å². The summed E-state index contributed by atoms with van der Waals surface area (Å²) in [5.74, 6) is -1.57. The molecule has 0 saturated carbocycles. The first kappa shape index (κ1) is 36.2. The Bertz CT molecular complexity index is 690. The van der Waals surface area contributed by atoms with Crippen LogP contribution in [0, 0.1) is 0 Å². The van der Waals surface area contributed by atoms with Gasteiger partial charge in [-0.2, -0.15) is 0 Å². The molecule has 1 N–H and O–H groups in total. The van der Waals surface area contributed by atoms with Crippen molar-refractivity contribution in [2.45, 2.75) is 163 Å². The number of carbonyl (C=O) groups excluding carboxylic acids is 1. The fourth-order valence-corrected chi connectivity index (χ4v) is 4.66. The van der Waals surface area contributed by atoms with E-state index in [0.717, 1.165) is 37.7 Å². The quantitative estimate of drug-likeness (QED) is 0.112. The molecule has 0 aliphatic carbocycles. The van der Waals surface area contributed by atoms with Gasteiger partial charge in [-0.3, -0.25) is 0 Å². The summed E-state index contributed by atoms with van der Waals surface area (Å²) in [5.41, 5.74) is 1.03. The van der Waals surface area contributed by atoms with Gasteiger partial charge in [-0.25, -0.2) is 9.59 Å². The molecule has 0 aliphatic heterocycles. The summed E-state index contributed by atoms with van der Waals surface area (Å²) in [6, 6.07) is 5.15. The summed E-state index contributed by atoms with van der Waals surface area (Å²) in [6.45, 7) is 9.27. The number of benzene rings is 1. The van der Waals surface area contributed by atoms with Gasteiger partial charge in [0, 0.05) is 0 Å². The molecule has 4 nitrogen and oxygen atoms in total. The van der Waals surface area contributed by atoms with Crippen LogP contribution in [0.5, 0.6) is 0 Å².